The van der Waals surface area contributed by atoms with Crippen molar-refractivity contribution in [2.75, 3.05) is 26.3 Å². The topological polar surface area (TPSA) is 110 Å². The number of rotatable bonds is 7. The van der Waals surface area contributed by atoms with E-state index in [-0.39, 0.29) is 6.61 Å². The van der Waals surface area contributed by atoms with E-state index in [4.69, 9.17) is 15.3 Å². The van der Waals surface area contributed by atoms with Gasteiger partial charge in [-0.3, -0.25) is 0 Å². The molecule has 4 N–H and O–H groups in total. The second kappa shape index (κ2) is 7.89. The fourth-order valence-electron chi connectivity index (χ4n) is 1.09. The number of hydrogen-bond acceptors (Lipinski definition) is 4. The van der Waals surface area contributed by atoms with Crippen LogP contribution >= 0.6 is 0 Å². The maximum absolute atomic E-state index is 11.5. The van der Waals surface area contributed by atoms with E-state index >= 15 is 0 Å². The van der Waals surface area contributed by atoms with Gasteiger partial charge in [0, 0.05) is 19.7 Å². The molecule has 0 aromatic rings. The number of amides is 2. The van der Waals surface area contributed by atoms with Crippen LogP contribution in [0, 0.1) is 0 Å². The number of carbonyl (C=O) groups is 2. The second-order valence-electron chi connectivity index (χ2n) is 3.18. The Labute approximate surface area is 93.7 Å². The molecule has 0 radical (unpaired) electrons. The number of carboxylic acids is 1. The predicted octanol–water partition coefficient (Wildman–Crippen LogP) is -1.15. The van der Waals surface area contributed by atoms with Crippen LogP contribution in [0.4, 0.5) is 4.79 Å². The number of carbonyl (C=O) groups excluding carboxylic acids is 1. The first-order chi connectivity index (χ1) is 7.56. The minimum atomic E-state index is -1.30. The monoisotopic (exact) mass is 234 g/mol. The molecule has 2 amide bonds. The van der Waals surface area contributed by atoms with Gasteiger partial charge in [-0.25, -0.2) is 9.59 Å². The second-order valence-corrected chi connectivity index (χ2v) is 3.18. The number of hydrogen-bond donors (Lipinski definition) is 4. The number of aliphatic carboxylic acids is 1. The first-order valence-electron chi connectivity index (χ1n) is 5.06. The molecule has 0 rings (SSSR count). The maximum Gasteiger partial charge on any atom is 0.328 e. The smallest absolute Gasteiger partial charge is 0.328 e. The zero-order valence-corrected chi connectivity index (χ0v) is 9.22. The Morgan fingerprint density at radius 2 is 2.00 bits per heavy atom. The van der Waals surface area contributed by atoms with Gasteiger partial charge in [0.25, 0.3) is 0 Å². The molecule has 0 aromatic heterocycles. The SMILES string of the molecule is CCN(CCCO)C(=O)NC(CO)C(=O)O. The van der Waals surface area contributed by atoms with Crippen LogP contribution in [-0.2, 0) is 4.79 Å². The Hall–Kier alpha value is -1.34. The van der Waals surface area contributed by atoms with Gasteiger partial charge in [0.15, 0.2) is 6.04 Å². The third-order valence-electron chi connectivity index (χ3n) is 2.03. The molecular formula is C9H18N2O5. The minimum absolute atomic E-state index is 0.0356. The highest BCUT2D eigenvalue weighted by Crippen LogP contribution is 1.94. The molecule has 7 nitrogen and oxygen atoms in total. The summed E-state index contributed by atoms with van der Waals surface area (Å²) >= 11 is 0. The molecule has 0 aliphatic heterocycles. The molecule has 0 aromatic carbocycles. The Bertz CT molecular complexity index is 234. The van der Waals surface area contributed by atoms with Crippen molar-refractivity contribution in [3.63, 3.8) is 0 Å². The summed E-state index contributed by atoms with van der Waals surface area (Å²) in [6, 6.07) is -1.85. The zero-order chi connectivity index (χ0) is 12.6. The fourth-order valence-corrected chi connectivity index (χ4v) is 1.09. The highest BCUT2D eigenvalue weighted by molar-refractivity contribution is 5.82. The van der Waals surface area contributed by atoms with Crippen LogP contribution in [0.25, 0.3) is 0 Å². The average Bonchev–Trinajstić information content (AvgIpc) is 2.26. The third kappa shape index (κ3) is 4.94. The lowest BCUT2D eigenvalue weighted by atomic mass is 10.3. The number of aliphatic hydroxyl groups excluding tert-OH is 2. The lowest BCUT2D eigenvalue weighted by Crippen LogP contribution is -2.49. The van der Waals surface area contributed by atoms with E-state index in [2.05, 4.69) is 5.32 Å². The van der Waals surface area contributed by atoms with Crippen molar-refractivity contribution in [3.8, 4) is 0 Å². The van der Waals surface area contributed by atoms with Gasteiger partial charge in [-0.1, -0.05) is 0 Å². The molecule has 0 heterocycles. The summed E-state index contributed by atoms with van der Waals surface area (Å²) in [4.78, 5) is 23.4. The zero-order valence-electron chi connectivity index (χ0n) is 9.22. The number of carboxylic acid groups (broad SMARTS) is 1. The lowest BCUT2D eigenvalue weighted by molar-refractivity contribution is -0.140. The van der Waals surface area contributed by atoms with Crippen molar-refractivity contribution in [1.29, 1.82) is 0 Å². The summed E-state index contributed by atoms with van der Waals surface area (Å²) in [5, 5.41) is 28.1. The highest BCUT2D eigenvalue weighted by Gasteiger charge is 2.21. The average molecular weight is 234 g/mol. The van der Waals surface area contributed by atoms with Gasteiger partial charge in [-0.15, -0.1) is 0 Å². The molecule has 1 atom stereocenters. The van der Waals surface area contributed by atoms with Crippen molar-refractivity contribution < 1.29 is 24.9 Å². The van der Waals surface area contributed by atoms with E-state index < -0.39 is 24.6 Å². The van der Waals surface area contributed by atoms with E-state index in [0.717, 1.165) is 0 Å². The van der Waals surface area contributed by atoms with Gasteiger partial charge < -0.3 is 25.5 Å². The first kappa shape index (κ1) is 14.7. The molecule has 0 fully saturated rings. The third-order valence-corrected chi connectivity index (χ3v) is 2.03. The summed E-state index contributed by atoms with van der Waals surface area (Å²) in [6.07, 6.45) is 0.429. The van der Waals surface area contributed by atoms with Crippen LogP contribution in [0.15, 0.2) is 0 Å². The van der Waals surface area contributed by atoms with Gasteiger partial charge in [0.05, 0.1) is 6.61 Å². The van der Waals surface area contributed by atoms with Crippen LogP contribution in [0.1, 0.15) is 13.3 Å². The van der Waals surface area contributed by atoms with Gasteiger partial charge in [0.2, 0.25) is 0 Å². The van der Waals surface area contributed by atoms with Crippen LogP contribution in [0.3, 0.4) is 0 Å². The number of urea groups is 1. The molecule has 0 saturated heterocycles. The molecular weight excluding hydrogens is 216 g/mol. The van der Waals surface area contributed by atoms with Crippen molar-refractivity contribution >= 4 is 12.0 Å². The fraction of sp³-hybridized carbons (Fsp3) is 0.778. The molecule has 7 heteroatoms. The summed E-state index contributed by atoms with van der Waals surface area (Å²) in [5.74, 6) is -1.28. The Morgan fingerprint density at radius 3 is 2.38 bits per heavy atom. The van der Waals surface area contributed by atoms with Gasteiger partial charge in [0.1, 0.15) is 0 Å². The molecule has 1 unspecified atom stereocenters. The molecule has 0 bridgehead atoms. The van der Waals surface area contributed by atoms with E-state index in [1.807, 2.05) is 0 Å². The van der Waals surface area contributed by atoms with E-state index in [1.54, 1.807) is 6.92 Å². The van der Waals surface area contributed by atoms with Crippen molar-refractivity contribution in [1.82, 2.24) is 10.2 Å². The lowest BCUT2D eigenvalue weighted by Gasteiger charge is -2.22. The minimum Gasteiger partial charge on any atom is -0.480 e. The summed E-state index contributed by atoms with van der Waals surface area (Å²) in [6.45, 7) is 1.80. The van der Waals surface area contributed by atoms with E-state index in [9.17, 15) is 9.59 Å². The van der Waals surface area contributed by atoms with Crippen molar-refractivity contribution in [2.24, 2.45) is 0 Å². The van der Waals surface area contributed by atoms with Crippen LogP contribution < -0.4 is 5.32 Å². The number of aliphatic hydroxyl groups is 2. The quantitative estimate of drug-likeness (QED) is 0.444. The van der Waals surface area contributed by atoms with Crippen molar-refractivity contribution in [2.45, 2.75) is 19.4 Å². The highest BCUT2D eigenvalue weighted by atomic mass is 16.4. The van der Waals surface area contributed by atoms with Crippen molar-refractivity contribution in [3.05, 3.63) is 0 Å². The molecule has 0 saturated carbocycles. The molecule has 16 heavy (non-hydrogen) atoms. The summed E-state index contributed by atoms with van der Waals surface area (Å²) in [5.41, 5.74) is 0. The largest absolute Gasteiger partial charge is 0.480 e. The standard InChI is InChI=1S/C9H18N2O5/c1-2-11(4-3-5-12)9(16)10-7(6-13)8(14)15/h7,12-13H,2-6H2,1H3,(H,10,16)(H,14,15). The normalized spacial score (nSPS) is 11.9. The van der Waals surface area contributed by atoms with Gasteiger partial charge in [-0.05, 0) is 13.3 Å². The Morgan fingerprint density at radius 1 is 1.38 bits per heavy atom. The molecule has 0 spiro atoms. The van der Waals surface area contributed by atoms with Crippen LogP contribution in [0.2, 0.25) is 0 Å². The summed E-state index contributed by atoms with van der Waals surface area (Å²) in [7, 11) is 0. The van der Waals surface area contributed by atoms with Gasteiger partial charge in [-0.2, -0.15) is 0 Å². The van der Waals surface area contributed by atoms with Crippen LogP contribution in [0.5, 0.6) is 0 Å². The molecule has 0 aliphatic rings. The number of nitrogens with one attached hydrogen (secondary N) is 1. The number of nitrogens with zero attached hydrogens (tertiary/aromatic N) is 1. The van der Waals surface area contributed by atoms with E-state index in [0.29, 0.717) is 19.5 Å². The maximum atomic E-state index is 11.5. The Balaban J connectivity index is 4.23. The molecule has 94 valence electrons. The molecule has 0 aliphatic carbocycles. The van der Waals surface area contributed by atoms with Crippen LogP contribution in [-0.4, -0.2) is 64.6 Å². The predicted molar refractivity (Wildman–Crippen MR) is 56.0 cm³/mol. The van der Waals surface area contributed by atoms with E-state index in [1.165, 1.54) is 4.90 Å². The summed E-state index contributed by atoms with van der Waals surface area (Å²) < 4.78 is 0. The first-order valence-corrected chi connectivity index (χ1v) is 5.06. The Kier molecular flexibility index (Phi) is 7.23. The van der Waals surface area contributed by atoms with Gasteiger partial charge >= 0.3 is 12.0 Å².